The van der Waals surface area contributed by atoms with E-state index >= 15 is 0 Å². The molecule has 1 aromatic heterocycles. The van der Waals surface area contributed by atoms with Crippen LogP contribution in [0.4, 0.5) is 17.6 Å². The number of hydrogen-bond donors (Lipinski definition) is 1. The Hall–Kier alpha value is -4.47. The molecule has 5 rings (SSSR count). The minimum atomic E-state index is -1.30. The number of pyridine rings is 1. The van der Waals surface area contributed by atoms with Crippen LogP contribution < -0.4 is 10.1 Å². The second-order valence-corrected chi connectivity index (χ2v) is 9.46. The van der Waals surface area contributed by atoms with Crippen molar-refractivity contribution in [3.8, 4) is 16.9 Å². The summed E-state index contributed by atoms with van der Waals surface area (Å²) in [6.45, 7) is 0. The molecule has 4 aromatic rings. The standard InChI is InChI=1S/C30H24F4N2O4/c1-39-30(38)25(36-29(37)27-21(31)8-3-9-22(27)32)13-16-10-11-19(28-18(16)7-4-12-35-28)20-14-23(33)24(34)15-26(20)40-17-5-2-6-17/h3-4,7-12,14-15,17,25H,2,5-6,13H2,1H3,(H,36,37)/t25-/m0/s1. The van der Waals surface area contributed by atoms with E-state index in [1.54, 1.807) is 24.3 Å². The number of nitrogens with one attached hydrogen (secondary N) is 1. The van der Waals surface area contributed by atoms with E-state index in [2.05, 4.69) is 10.3 Å². The number of nitrogens with zero attached hydrogens (tertiary/aromatic N) is 1. The zero-order valence-corrected chi connectivity index (χ0v) is 21.3. The summed E-state index contributed by atoms with van der Waals surface area (Å²) in [7, 11) is 1.13. The van der Waals surface area contributed by atoms with E-state index in [0.29, 0.717) is 27.6 Å². The molecule has 0 unspecified atom stereocenters. The molecule has 3 aromatic carbocycles. The molecule has 1 amide bonds. The van der Waals surface area contributed by atoms with Gasteiger partial charge in [0.25, 0.3) is 5.91 Å². The predicted octanol–water partition coefficient (Wildman–Crippen LogP) is 5.90. The lowest BCUT2D eigenvalue weighted by atomic mass is 9.93. The van der Waals surface area contributed by atoms with Crippen LogP contribution >= 0.6 is 0 Å². The van der Waals surface area contributed by atoms with Crippen LogP contribution in [-0.2, 0) is 16.0 Å². The molecule has 0 spiro atoms. The molecule has 0 bridgehead atoms. The van der Waals surface area contributed by atoms with E-state index in [-0.39, 0.29) is 18.3 Å². The Morgan fingerprint density at radius 3 is 2.35 bits per heavy atom. The van der Waals surface area contributed by atoms with Gasteiger partial charge >= 0.3 is 5.97 Å². The highest BCUT2D eigenvalue weighted by atomic mass is 19.2. The number of halogens is 4. The summed E-state index contributed by atoms with van der Waals surface area (Å²) in [5.41, 5.74) is 0.921. The minimum absolute atomic E-state index is 0.0918. The van der Waals surface area contributed by atoms with Crippen LogP contribution in [0.1, 0.15) is 35.2 Å². The van der Waals surface area contributed by atoms with E-state index in [1.807, 2.05) is 0 Å². The smallest absolute Gasteiger partial charge is 0.328 e. The zero-order valence-electron chi connectivity index (χ0n) is 21.3. The molecular formula is C30H24F4N2O4. The Morgan fingerprint density at radius 2 is 1.68 bits per heavy atom. The number of fused-ring (bicyclic) bond motifs is 1. The van der Waals surface area contributed by atoms with E-state index in [9.17, 15) is 27.2 Å². The fraction of sp³-hybridized carbons (Fsp3) is 0.233. The van der Waals surface area contributed by atoms with Gasteiger partial charge in [0.15, 0.2) is 11.6 Å². The van der Waals surface area contributed by atoms with Crippen LogP contribution in [0, 0.1) is 23.3 Å². The number of methoxy groups -OCH3 is 1. The van der Waals surface area contributed by atoms with Crippen LogP contribution in [0.25, 0.3) is 22.0 Å². The largest absolute Gasteiger partial charge is 0.490 e. The lowest BCUT2D eigenvalue weighted by molar-refractivity contribution is -0.142. The van der Waals surface area contributed by atoms with E-state index in [1.165, 1.54) is 6.20 Å². The van der Waals surface area contributed by atoms with Crippen LogP contribution in [0.5, 0.6) is 5.75 Å². The summed E-state index contributed by atoms with van der Waals surface area (Å²) in [5.74, 6) is -5.99. The molecule has 1 N–H and O–H groups in total. The molecule has 0 saturated heterocycles. The fourth-order valence-corrected chi connectivity index (χ4v) is 4.63. The number of carbonyl (C=O) groups is 2. The molecule has 10 heteroatoms. The zero-order chi connectivity index (χ0) is 28.4. The lowest BCUT2D eigenvalue weighted by Gasteiger charge is -2.28. The Kier molecular flexibility index (Phi) is 7.68. The van der Waals surface area contributed by atoms with Crippen molar-refractivity contribution in [2.45, 2.75) is 37.8 Å². The average molecular weight is 553 g/mol. The number of amides is 1. The Balaban J connectivity index is 1.52. The van der Waals surface area contributed by atoms with Gasteiger partial charge in [0.2, 0.25) is 0 Å². The van der Waals surface area contributed by atoms with Crippen molar-refractivity contribution >= 4 is 22.8 Å². The van der Waals surface area contributed by atoms with Crippen molar-refractivity contribution in [1.82, 2.24) is 10.3 Å². The highest BCUT2D eigenvalue weighted by Gasteiger charge is 2.28. The van der Waals surface area contributed by atoms with Crippen molar-refractivity contribution in [1.29, 1.82) is 0 Å². The summed E-state index contributed by atoms with van der Waals surface area (Å²) in [6.07, 6.45) is 3.94. The summed E-state index contributed by atoms with van der Waals surface area (Å²) in [5, 5.41) is 2.91. The third kappa shape index (κ3) is 5.34. The van der Waals surface area contributed by atoms with Gasteiger partial charge in [0.05, 0.1) is 18.7 Å². The molecule has 1 fully saturated rings. The number of aromatic nitrogens is 1. The maximum atomic E-state index is 14.4. The molecule has 6 nitrogen and oxygen atoms in total. The number of hydrogen-bond acceptors (Lipinski definition) is 5. The van der Waals surface area contributed by atoms with Gasteiger partial charge in [-0.1, -0.05) is 24.3 Å². The Bertz CT molecular complexity index is 1590. The van der Waals surface area contributed by atoms with Crippen LogP contribution in [0.2, 0.25) is 0 Å². The number of carbonyl (C=O) groups excluding carboxylic acids is 2. The first-order valence-corrected chi connectivity index (χ1v) is 12.6. The van der Waals surface area contributed by atoms with Gasteiger partial charge in [-0.2, -0.15) is 0 Å². The van der Waals surface area contributed by atoms with E-state index in [4.69, 9.17) is 9.47 Å². The topological polar surface area (TPSA) is 77.5 Å². The average Bonchev–Trinajstić information content (AvgIpc) is 2.91. The maximum Gasteiger partial charge on any atom is 0.328 e. The third-order valence-electron chi connectivity index (χ3n) is 6.92. The molecule has 1 heterocycles. The van der Waals surface area contributed by atoms with Crippen LogP contribution in [0.3, 0.4) is 0 Å². The van der Waals surface area contributed by atoms with Crippen molar-refractivity contribution in [3.63, 3.8) is 0 Å². The van der Waals surface area contributed by atoms with Crippen molar-refractivity contribution in [3.05, 3.63) is 95.2 Å². The van der Waals surface area contributed by atoms with Gasteiger partial charge in [0, 0.05) is 35.2 Å². The van der Waals surface area contributed by atoms with Gasteiger partial charge in [0.1, 0.15) is 29.0 Å². The molecule has 40 heavy (non-hydrogen) atoms. The van der Waals surface area contributed by atoms with Gasteiger partial charge in [-0.15, -0.1) is 0 Å². The first-order valence-electron chi connectivity index (χ1n) is 12.6. The second-order valence-electron chi connectivity index (χ2n) is 9.46. The Morgan fingerprint density at radius 1 is 0.950 bits per heavy atom. The highest BCUT2D eigenvalue weighted by Crippen LogP contribution is 2.39. The van der Waals surface area contributed by atoms with Gasteiger partial charge in [-0.25, -0.2) is 22.4 Å². The molecular weight excluding hydrogens is 528 g/mol. The molecule has 1 atom stereocenters. The third-order valence-corrected chi connectivity index (χ3v) is 6.92. The molecule has 206 valence electrons. The number of esters is 1. The molecule has 0 aliphatic heterocycles. The fourth-order valence-electron chi connectivity index (χ4n) is 4.63. The van der Waals surface area contributed by atoms with Gasteiger partial charge < -0.3 is 14.8 Å². The summed E-state index contributed by atoms with van der Waals surface area (Å²) >= 11 is 0. The molecule has 1 aliphatic carbocycles. The highest BCUT2D eigenvalue weighted by molar-refractivity contribution is 5.99. The second kappa shape index (κ2) is 11.3. The lowest BCUT2D eigenvalue weighted by Crippen LogP contribution is -2.43. The van der Waals surface area contributed by atoms with Gasteiger partial charge in [-0.05, 0) is 49.1 Å². The SMILES string of the molecule is COC(=O)[C@H](Cc1ccc(-c2cc(F)c(F)cc2OC2CCC2)c2ncccc12)NC(=O)c1c(F)cccc1F. The summed E-state index contributed by atoms with van der Waals surface area (Å²) < 4.78 is 67.7. The number of ether oxygens (including phenoxy) is 2. The van der Waals surface area contributed by atoms with Crippen molar-refractivity contribution in [2.24, 2.45) is 0 Å². The number of rotatable bonds is 8. The molecule has 1 aliphatic rings. The predicted molar refractivity (Wildman–Crippen MR) is 139 cm³/mol. The van der Waals surface area contributed by atoms with Crippen molar-refractivity contribution < 1.29 is 36.6 Å². The summed E-state index contributed by atoms with van der Waals surface area (Å²) in [6, 6.07) is 10.4. The molecule has 1 saturated carbocycles. The minimum Gasteiger partial charge on any atom is -0.490 e. The summed E-state index contributed by atoms with van der Waals surface area (Å²) in [4.78, 5) is 29.8. The normalized spacial score (nSPS) is 13.9. The quantitative estimate of drug-likeness (QED) is 0.218. The number of benzene rings is 3. The monoisotopic (exact) mass is 552 g/mol. The van der Waals surface area contributed by atoms with Crippen LogP contribution in [0.15, 0.2) is 60.8 Å². The van der Waals surface area contributed by atoms with Crippen LogP contribution in [-0.4, -0.2) is 36.1 Å². The van der Waals surface area contributed by atoms with E-state index < -0.39 is 46.8 Å². The van der Waals surface area contributed by atoms with E-state index in [0.717, 1.165) is 56.7 Å². The maximum absolute atomic E-state index is 14.4. The van der Waals surface area contributed by atoms with Gasteiger partial charge in [-0.3, -0.25) is 9.78 Å². The first kappa shape index (κ1) is 27.1. The molecule has 0 radical (unpaired) electrons. The Labute approximate surface area is 226 Å². The first-order chi connectivity index (χ1) is 19.3. The van der Waals surface area contributed by atoms with Crippen molar-refractivity contribution in [2.75, 3.05) is 7.11 Å².